The largest absolute Gasteiger partial charge is 0.489 e. The molecular formula is C18H16BrClN2O4. The van der Waals surface area contributed by atoms with Crippen LogP contribution in [0.2, 0.25) is 5.02 Å². The molecule has 2 amide bonds. The zero-order valence-corrected chi connectivity index (χ0v) is 16.0. The Bertz CT molecular complexity index is 814. The third kappa shape index (κ3) is 5.79. The normalized spacial score (nSPS) is 9.92. The molecule has 0 aliphatic carbocycles. The number of carbonyl (C=O) groups excluding carboxylic acids is 2. The molecule has 0 heterocycles. The van der Waals surface area contributed by atoms with Gasteiger partial charge < -0.3 is 9.47 Å². The van der Waals surface area contributed by atoms with Gasteiger partial charge in [-0.3, -0.25) is 20.4 Å². The number of hydrogen-bond donors (Lipinski definition) is 2. The predicted molar refractivity (Wildman–Crippen MR) is 102 cm³/mol. The number of carbonyl (C=O) groups is 2. The fourth-order valence-corrected chi connectivity index (χ4v) is 2.69. The summed E-state index contributed by atoms with van der Waals surface area (Å²) in [6.07, 6.45) is 1.57. The summed E-state index contributed by atoms with van der Waals surface area (Å²) in [5.74, 6) is -0.185. The molecule has 6 nitrogen and oxygen atoms in total. The molecule has 2 rings (SSSR count). The maximum Gasteiger partial charge on any atom is 0.276 e. The smallest absolute Gasteiger partial charge is 0.276 e. The maximum absolute atomic E-state index is 12.2. The summed E-state index contributed by atoms with van der Waals surface area (Å²) in [5, 5.41) is 0.540. The van der Waals surface area contributed by atoms with Crippen molar-refractivity contribution >= 4 is 39.3 Å². The second-order valence-corrected chi connectivity index (χ2v) is 6.25. The highest BCUT2D eigenvalue weighted by molar-refractivity contribution is 9.10. The van der Waals surface area contributed by atoms with Crippen molar-refractivity contribution in [1.82, 2.24) is 10.9 Å². The first-order valence-electron chi connectivity index (χ1n) is 7.51. The van der Waals surface area contributed by atoms with E-state index >= 15 is 0 Å². The molecule has 0 aromatic heterocycles. The quantitative estimate of drug-likeness (QED) is 0.511. The minimum absolute atomic E-state index is 0.264. The molecule has 8 heteroatoms. The zero-order valence-electron chi connectivity index (χ0n) is 13.6. The van der Waals surface area contributed by atoms with Crippen LogP contribution < -0.4 is 20.3 Å². The van der Waals surface area contributed by atoms with E-state index in [1.54, 1.807) is 48.5 Å². The number of amides is 2. The van der Waals surface area contributed by atoms with Crippen LogP contribution in [0.1, 0.15) is 10.4 Å². The Labute approximate surface area is 164 Å². The van der Waals surface area contributed by atoms with Crippen molar-refractivity contribution in [2.45, 2.75) is 0 Å². The topological polar surface area (TPSA) is 76.7 Å². The lowest BCUT2D eigenvalue weighted by atomic mass is 10.2. The first kappa shape index (κ1) is 19.8. The number of benzene rings is 2. The summed E-state index contributed by atoms with van der Waals surface area (Å²) in [6, 6.07) is 11.6. The van der Waals surface area contributed by atoms with Gasteiger partial charge in [-0.2, -0.15) is 0 Å². The number of rotatable bonds is 7. The van der Waals surface area contributed by atoms with E-state index in [4.69, 9.17) is 21.1 Å². The number of ether oxygens (including phenoxy) is 2. The summed E-state index contributed by atoms with van der Waals surface area (Å²) in [7, 11) is 0. The highest BCUT2D eigenvalue weighted by Gasteiger charge is 2.13. The third-order valence-corrected chi connectivity index (χ3v) is 3.91. The first-order chi connectivity index (χ1) is 12.5. The van der Waals surface area contributed by atoms with Crippen molar-refractivity contribution in [2.24, 2.45) is 0 Å². The summed E-state index contributed by atoms with van der Waals surface area (Å²) in [5.41, 5.74) is 4.89. The van der Waals surface area contributed by atoms with Crippen LogP contribution in [-0.4, -0.2) is 25.0 Å². The average Bonchev–Trinajstić information content (AvgIpc) is 2.64. The lowest BCUT2D eigenvalue weighted by Crippen LogP contribution is -2.43. The number of para-hydroxylation sites is 1. The molecule has 136 valence electrons. The fourth-order valence-electron chi connectivity index (χ4n) is 1.89. The van der Waals surface area contributed by atoms with E-state index in [0.29, 0.717) is 21.0 Å². The van der Waals surface area contributed by atoms with Crippen LogP contribution in [0, 0.1) is 0 Å². The molecule has 0 saturated heterocycles. The van der Waals surface area contributed by atoms with E-state index < -0.39 is 11.8 Å². The van der Waals surface area contributed by atoms with Gasteiger partial charge in [-0.1, -0.05) is 36.4 Å². The highest BCUT2D eigenvalue weighted by Crippen LogP contribution is 2.27. The molecule has 0 saturated carbocycles. The molecule has 0 radical (unpaired) electrons. The van der Waals surface area contributed by atoms with E-state index in [0.717, 1.165) is 0 Å². The van der Waals surface area contributed by atoms with Crippen molar-refractivity contribution in [2.75, 3.05) is 13.2 Å². The number of halogens is 2. The molecule has 0 spiro atoms. The Morgan fingerprint density at radius 2 is 1.88 bits per heavy atom. The molecule has 0 atom stereocenters. The molecule has 2 N–H and O–H groups in total. The van der Waals surface area contributed by atoms with Crippen molar-refractivity contribution in [3.8, 4) is 11.5 Å². The molecule has 0 unspecified atom stereocenters. The van der Waals surface area contributed by atoms with E-state index in [9.17, 15) is 9.59 Å². The van der Waals surface area contributed by atoms with Crippen LogP contribution in [0.4, 0.5) is 0 Å². The van der Waals surface area contributed by atoms with Gasteiger partial charge in [0.05, 0.1) is 10.0 Å². The molecule has 0 bridgehead atoms. The maximum atomic E-state index is 12.2. The van der Waals surface area contributed by atoms with Gasteiger partial charge in [0, 0.05) is 5.02 Å². The van der Waals surface area contributed by atoms with Crippen molar-refractivity contribution in [1.29, 1.82) is 0 Å². The number of nitrogens with one attached hydrogen (secondary N) is 2. The minimum atomic E-state index is -0.523. The van der Waals surface area contributed by atoms with Gasteiger partial charge in [0.15, 0.2) is 6.61 Å². The van der Waals surface area contributed by atoms with Gasteiger partial charge in [-0.05, 0) is 46.3 Å². The molecule has 0 aliphatic rings. The second-order valence-electron chi connectivity index (χ2n) is 4.96. The first-order valence-corrected chi connectivity index (χ1v) is 8.68. The van der Waals surface area contributed by atoms with Gasteiger partial charge in [-0.25, -0.2) is 0 Å². The molecule has 26 heavy (non-hydrogen) atoms. The number of hydrazine groups is 1. The highest BCUT2D eigenvalue weighted by atomic mass is 79.9. The third-order valence-electron chi connectivity index (χ3n) is 3.06. The van der Waals surface area contributed by atoms with Crippen molar-refractivity contribution in [3.63, 3.8) is 0 Å². The standard InChI is InChI=1S/C18H16BrClN2O4/c1-2-9-25-15-6-4-3-5-13(15)18(24)22-21-17(23)11-26-16-8-7-12(20)10-14(16)19/h2-8,10H,1,9,11H2,(H,21,23)(H,22,24). The Hall–Kier alpha value is -2.51. The summed E-state index contributed by atoms with van der Waals surface area (Å²) in [6.45, 7) is 3.54. The average molecular weight is 440 g/mol. The van der Waals surface area contributed by atoms with Crippen LogP contribution >= 0.6 is 27.5 Å². The molecule has 2 aromatic carbocycles. The van der Waals surface area contributed by atoms with Gasteiger partial charge in [0.25, 0.3) is 11.8 Å². The Morgan fingerprint density at radius 1 is 1.12 bits per heavy atom. The summed E-state index contributed by atoms with van der Waals surface area (Å²) in [4.78, 5) is 24.1. The van der Waals surface area contributed by atoms with Crippen LogP contribution in [-0.2, 0) is 4.79 Å². The second kappa shape index (κ2) is 9.84. The monoisotopic (exact) mass is 438 g/mol. The van der Waals surface area contributed by atoms with Crippen molar-refractivity contribution in [3.05, 3.63) is 70.2 Å². The van der Waals surface area contributed by atoms with Gasteiger partial charge >= 0.3 is 0 Å². The van der Waals surface area contributed by atoms with Crippen LogP contribution in [0.15, 0.2) is 59.6 Å². The Morgan fingerprint density at radius 3 is 2.62 bits per heavy atom. The van der Waals surface area contributed by atoms with Gasteiger partial charge in [0.2, 0.25) is 0 Å². The Balaban J connectivity index is 1.87. The summed E-state index contributed by atoms with van der Waals surface area (Å²) < 4.78 is 11.4. The minimum Gasteiger partial charge on any atom is -0.489 e. The van der Waals surface area contributed by atoms with Crippen LogP contribution in [0.5, 0.6) is 11.5 Å². The van der Waals surface area contributed by atoms with E-state index in [1.165, 1.54) is 0 Å². The van der Waals surface area contributed by atoms with E-state index in [1.807, 2.05) is 0 Å². The number of hydrogen-bond acceptors (Lipinski definition) is 4. The SMILES string of the molecule is C=CCOc1ccccc1C(=O)NNC(=O)COc1ccc(Cl)cc1Br. The predicted octanol–water partition coefficient (Wildman–Crippen LogP) is 3.51. The van der Waals surface area contributed by atoms with Crippen LogP contribution in [0.3, 0.4) is 0 Å². The Kier molecular flexibility index (Phi) is 7.50. The van der Waals surface area contributed by atoms with Crippen molar-refractivity contribution < 1.29 is 19.1 Å². The molecule has 0 aliphatic heterocycles. The van der Waals surface area contributed by atoms with Gasteiger partial charge in [0.1, 0.15) is 18.1 Å². The summed E-state index contributed by atoms with van der Waals surface area (Å²) >= 11 is 9.13. The lowest BCUT2D eigenvalue weighted by molar-refractivity contribution is -0.123. The molecule has 2 aromatic rings. The molecular weight excluding hydrogens is 424 g/mol. The molecule has 0 fully saturated rings. The van der Waals surface area contributed by atoms with E-state index in [-0.39, 0.29) is 18.8 Å². The van der Waals surface area contributed by atoms with Gasteiger partial charge in [-0.15, -0.1) is 0 Å². The van der Waals surface area contributed by atoms with E-state index in [2.05, 4.69) is 33.4 Å². The fraction of sp³-hybridized carbons (Fsp3) is 0.111. The van der Waals surface area contributed by atoms with Crippen LogP contribution in [0.25, 0.3) is 0 Å². The zero-order chi connectivity index (χ0) is 18.9. The lowest BCUT2D eigenvalue weighted by Gasteiger charge is -2.12.